The van der Waals surface area contributed by atoms with Crippen molar-refractivity contribution in [3.63, 3.8) is 0 Å². The predicted octanol–water partition coefficient (Wildman–Crippen LogP) is 4.89. The summed E-state index contributed by atoms with van der Waals surface area (Å²) in [6.07, 6.45) is 3.33. The Bertz CT molecular complexity index is 1650. The maximum atomic E-state index is 14.1. The molecule has 3 aliphatic rings. The summed E-state index contributed by atoms with van der Waals surface area (Å²) in [5, 5.41) is 9.39. The quantitative estimate of drug-likeness (QED) is 0.313. The third-order valence-electron chi connectivity index (χ3n) is 7.96. The molecule has 0 unspecified atom stereocenters. The molecule has 3 aromatic rings. The van der Waals surface area contributed by atoms with Crippen LogP contribution in [0.4, 0.5) is 0 Å². The first kappa shape index (κ1) is 28.7. The molecule has 3 heterocycles. The number of oxime groups is 1. The lowest BCUT2D eigenvalue weighted by atomic mass is 9.85. The Hall–Kier alpha value is -4.44. The van der Waals surface area contributed by atoms with Gasteiger partial charge < -0.3 is 24.5 Å². The van der Waals surface area contributed by atoms with E-state index in [-0.39, 0.29) is 24.8 Å². The minimum Gasteiger partial charge on any atom is -0.490 e. The van der Waals surface area contributed by atoms with Crippen molar-refractivity contribution < 1.29 is 28.7 Å². The van der Waals surface area contributed by atoms with Crippen molar-refractivity contribution in [2.45, 2.75) is 45.4 Å². The lowest BCUT2D eigenvalue weighted by Gasteiger charge is -2.35. The monoisotopic (exact) mass is 599 g/mol. The van der Waals surface area contributed by atoms with Crippen LogP contribution in [0.25, 0.3) is 17.2 Å². The van der Waals surface area contributed by atoms with E-state index in [0.29, 0.717) is 22.9 Å². The Balaban J connectivity index is 1.43. The number of carbonyl (C=O) groups excluding carboxylic acids is 3. The molecule has 2 aromatic carbocycles. The second-order valence-corrected chi connectivity index (χ2v) is 12.8. The lowest BCUT2D eigenvalue weighted by Crippen LogP contribution is -2.56. The molecule has 0 radical (unpaired) electrons. The molecule has 10 heteroatoms. The van der Waals surface area contributed by atoms with Gasteiger partial charge in [0.1, 0.15) is 36.3 Å². The number of hydrogen-bond donors (Lipinski definition) is 1. The third kappa shape index (κ3) is 5.43. The van der Waals surface area contributed by atoms with Gasteiger partial charge in [-0.25, -0.2) is 4.79 Å². The third-order valence-corrected chi connectivity index (χ3v) is 8.89. The number of rotatable bonds is 1. The van der Waals surface area contributed by atoms with Crippen LogP contribution in [0.3, 0.4) is 0 Å². The van der Waals surface area contributed by atoms with E-state index in [2.05, 4.69) is 10.5 Å². The van der Waals surface area contributed by atoms with Crippen LogP contribution in [0.5, 0.6) is 5.75 Å². The topological polar surface area (TPSA) is 107 Å². The molecule has 1 N–H and O–H groups in total. The molecular formula is C33H33N3O6S. The van der Waals surface area contributed by atoms with Crippen molar-refractivity contribution >= 4 is 40.9 Å². The van der Waals surface area contributed by atoms with Gasteiger partial charge in [0.05, 0.1) is 18.5 Å². The lowest BCUT2D eigenvalue weighted by molar-refractivity contribution is -0.152. The SMILES string of the molecule is COC(=O)[C@@H]1C[C@@H]2CN1C(=O)[C@H](C(C)(C)C)NC(=O)c1sccc1/C=C/COc1ccc3c(c1)/C(=N\O2)c1ccccc1-3. The number of fused-ring (bicyclic) bond motifs is 7. The highest BCUT2D eigenvalue weighted by molar-refractivity contribution is 7.12. The predicted molar refractivity (Wildman–Crippen MR) is 164 cm³/mol. The zero-order valence-electron chi connectivity index (χ0n) is 24.5. The molecule has 2 aliphatic heterocycles. The zero-order valence-corrected chi connectivity index (χ0v) is 25.3. The Morgan fingerprint density at radius 2 is 1.84 bits per heavy atom. The number of methoxy groups -OCH3 is 1. The highest BCUT2D eigenvalue weighted by atomic mass is 32.1. The molecular weight excluding hydrogens is 566 g/mol. The van der Waals surface area contributed by atoms with Gasteiger partial charge in [-0.15, -0.1) is 11.3 Å². The molecule has 1 aliphatic carbocycles. The average molecular weight is 600 g/mol. The van der Waals surface area contributed by atoms with Gasteiger partial charge in [0.2, 0.25) is 5.91 Å². The number of benzene rings is 2. The van der Waals surface area contributed by atoms with Crippen molar-refractivity contribution in [3.8, 4) is 16.9 Å². The van der Waals surface area contributed by atoms with Crippen LogP contribution in [0.2, 0.25) is 0 Å². The smallest absolute Gasteiger partial charge is 0.328 e. The van der Waals surface area contributed by atoms with Gasteiger partial charge in [-0.1, -0.05) is 56.3 Å². The van der Waals surface area contributed by atoms with Gasteiger partial charge in [-0.05, 0) is 57.8 Å². The zero-order chi connectivity index (χ0) is 30.3. The van der Waals surface area contributed by atoms with Crippen molar-refractivity contribution in [1.82, 2.24) is 10.2 Å². The first-order chi connectivity index (χ1) is 20.7. The first-order valence-electron chi connectivity index (χ1n) is 14.2. The van der Waals surface area contributed by atoms with Crippen molar-refractivity contribution in [3.05, 3.63) is 81.6 Å². The van der Waals surface area contributed by atoms with Gasteiger partial charge in [-0.2, -0.15) is 0 Å². The second kappa shape index (κ2) is 11.3. The fourth-order valence-corrected chi connectivity index (χ4v) is 6.57. The van der Waals surface area contributed by atoms with Gasteiger partial charge in [0.25, 0.3) is 5.91 Å². The minimum absolute atomic E-state index is 0.114. The molecule has 2 amide bonds. The maximum absolute atomic E-state index is 14.1. The number of nitrogens with one attached hydrogen (secondary N) is 1. The van der Waals surface area contributed by atoms with Crippen LogP contribution in [0.15, 0.2) is 65.1 Å². The molecule has 6 rings (SSSR count). The summed E-state index contributed by atoms with van der Waals surface area (Å²) in [7, 11) is 1.30. The first-order valence-corrected chi connectivity index (χ1v) is 15.1. The molecule has 43 heavy (non-hydrogen) atoms. The largest absolute Gasteiger partial charge is 0.490 e. The van der Waals surface area contributed by atoms with Gasteiger partial charge in [0.15, 0.2) is 0 Å². The Kier molecular flexibility index (Phi) is 7.56. The van der Waals surface area contributed by atoms with Crippen LogP contribution in [-0.2, 0) is 19.2 Å². The molecule has 9 nitrogen and oxygen atoms in total. The van der Waals surface area contributed by atoms with E-state index in [1.54, 1.807) is 0 Å². The molecule has 0 saturated carbocycles. The molecule has 3 atom stereocenters. The fraction of sp³-hybridized carbons (Fsp3) is 0.333. The summed E-state index contributed by atoms with van der Waals surface area (Å²) in [5.41, 5.74) is 4.59. The van der Waals surface area contributed by atoms with Crippen LogP contribution in [0.1, 0.15) is 53.6 Å². The van der Waals surface area contributed by atoms with Crippen molar-refractivity contribution in [1.29, 1.82) is 0 Å². The van der Waals surface area contributed by atoms with Crippen molar-refractivity contribution in [2.24, 2.45) is 10.6 Å². The molecule has 1 fully saturated rings. The Morgan fingerprint density at radius 3 is 2.60 bits per heavy atom. The van der Waals surface area contributed by atoms with E-state index in [9.17, 15) is 14.4 Å². The standard InChI is InChI=1S/C33H33N3O6S/c1-33(2,3)29-31(38)36-18-21(17-26(36)32(39)40-4)42-35-27-24-10-6-5-9-22(24)23-12-11-20(16-25(23)27)41-14-7-8-19-13-15-43-28(19)30(37)34-29/h5-13,15-16,21,26,29H,14,17-18H2,1-4H3,(H,34,37)/b8-7+,35-27-/t21-,26+,29-/m1/s1. The molecule has 4 bridgehead atoms. The molecule has 222 valence electrons. The van der Waals surface area contributed by atoms with Crippen LogP contribution in [0, 0.1) is 5.41 Å². The summed E-state index contributed by atoms with van der Waals surface area (Å²) in [5.74, 6) is -0.617. The number of thiophene rings is 1. The Morgan fingerprint density at radius 1 is 1.07 bits per heavy atom. The summed E-state index contributed by atoms with van der Waals surface area (Å²) in [6, 6.07) is 13.9. The second-order valence-electron chi connectivity index (χ2n) is 11.9. The normalized spacial score (nSPS) is 23.7. The van der Waals surface area contributed by atoms with E-state index < -0.39 is 29.6 Å². The highest BCUT2D eigenvalue weighted by Crippen LogP contribution is 2.39. The number of carbonyl (C=O) groups is 3. The molecule has 1 aromatic heterocycles. The van der Waals surface area contributed by atoms with Crippen LogP contribution in [-0.4, -0.2) is 66.8 Å². The molecule has 1 saturated heterocycles. The number of nitrogens with zero attached hydrogens (tertiary/aromatic N) is 2. The number of amides is 2. The number of ether oxygens (including phenoxy) is 2. The summed E-state index contributed by atoms with van der Waals surface area (Å²) >= 11 is 1.30. The van der Waals surface area contributed by atoms with E-state index in [1.807, 2.05) is 86.8 Å². The van der Waals surface area contributed by atoms with Crippen LogP contribution >= 0.6 is 11.3 Å². The van der Waals surface area contributed by atoms with Crippen molar-refractivity contribution in [2.75, 3.05) is 20.3 Å². The average Bonchev–Trinajstić information content (AvgIpc) is 3.71. The van der Waals surface area contributed by atoms with E-state index in [0.717, 1.165) is 27.8 Å². The number of esters is 1. The van der Waals surface area contributed by atoms with E-state index in [1.165, 1.54) is 23.3 Å². The number of hydrogen-bond acceptors (Lipinski definition) is 8. The minimum atomic E-state index is -0.910. The summed E-state index contributed by atoms with van der Waals surface area (Å²) < 4.78 is 11.1. The van der Waals surface area contributed by atoms with Gasteiger partial charge in [-0.3, -0.25) is 9.59 Å². The van der Waals surface area contributed by atoms with E-state index in [4.69, 9.17) is 14.3 Å². The highest BCUT2D eigenvalue weighted by Gasteiger charge is 2.46. The van der Waals surface area contributed by atoms with E-state index >= 15 is 0 Å². The summed E-state index contributed by atoms with van der Waals surface area (Å²) in [4.78, 5) is 48.5. The van der Waals surface area contributed by atoms with Crippen LogP contribution < -0.4 is 10.1 Å². The van der Waals surface area contributed by atoms with Gasteiger partial charge >= 0.3 is 5.97 Å². The maximum Gasteiger partial charge on any atom is 0.328 e. The van der Waals surface area contributed by atoms with Gasteiger partial charge in [0, 0.05) is 17.5 Å². The Labute approximate surface area is 254 Å². The fourth-order valence-electron chi connectivity index (χ4n) is 5.78. The summed E-state index contributed by atoms with van der Waals surface area (Å²) in [6.45, 7) is 6.04. The molecule has 0 spiro atoms.